The second-order valence-electron chi connectivity index (χ2n) is 25.6. The van der Waals surface area contributed by atoms with E-state index in [1.807, 2.05) is 0 Å². The standard InChI is InChI=1S/C72H84N9O30P3/c82-61(83)37-76(38-62(84)85)31-25-49-1-13-55(14-2-49)106-112(107-56-15-3-50(4-16-56)26-32-77(39-63(86)87)40-64(88)89)73-113(108-57-17-5-51(6-18-57)27-33-78(41-65(90)91)42-66(92)93,109-58-19-7-52(8-20-58)28-34-79(43-67(94)95)44-68(96)97)75-114(74-112,110-59-21-9-53(10-22-59)29-35-80(45-69(98)99)46-70(100)101)111-60-23-11-54(12-24-60)30-36-81(47-71(102)103)48-72(104)105/h1-24H,25-48H2,(H,82,83)(H,84,85)(H,86,87)(H,88,89)(H,90,91)(H,92,93)(H,94,95)(H,96,97)(H,98,99)(H,100,101)(H,102,103)(H,104,105). The Morgan fingerprint density at radius 2 is 0.430 bits per heavy atom. The third-order valence-corrected chi connectivity index (χ3v) is 24.3. The molecule has 0 amide bonds. The van der Waals surface area contributed by atoms with Crippen LogP contribution in [0.15, 0.2) is 150 Å². The van der Waals surface area contributed by atoms with Crippen molar-refractivity contribution in [1.82, 2.24) is 29.4 Å². The van der Waals surface area contributed by atoms with Gasteiger partial charge in [-0.05, 0) is 149 Å². The highest BCUT2D eigenvalue weighted by Crippen LogP contribution is 2.96. The molecule has 7 rings (SSSR count). The zero-order valence-corrected chi connectivity index (χ0v) is 63.6. The first kappa shape index (κ1) is 89.7. The van der Waals surface area contributed by atoms with Crippen molar-refractivity contribution in [2.24, 2.45) is 4.52 Å². The van der Waals surface area contributed by atoms with Crippen molar-refractivity contribution in [2.45, 2.75) is 38.5 Å². The van der Waals surface area contributed by atoms with E-state index in [0.29, 0.717) is 33.4 Å². The highest BCUT2D eigenvalue weighted by molar-refractivity contribution is 7.99. The van der Waals surface area contributed by atoms with Crippen LogP contribution in [0.3, 0.4) is 0 Å². The van der Waals surface area contributed by atoms with Gasteiger partial charge in [-0.1, -0.05) is 72.8 Å². The summed E-state index contributed by atoms with van der Waals surface area (Å²) in [7, 11) is -14.8. The molecule has 0 aromatic heterocycles. The van der Waals surface area contributed by atoms with Gasteiger partial charge in [0.1, 0.15) is 11.5 Å². The molecule has 39 nitrogen and oxygen atoms in total. The Morgan fingerprint density at radius 1 is 0.263 bits per heavy atom. The van der Waals surface area contributed by atoms with Crippen LogP contribution in [-0.4, -0.2) is 280 Å². The molecule has 0 spiro atoms. The molecule has 1 aliphatic heterocycles. The summed E-state index contributed by atoms with van der Waals surface area (Å²) in [5.41, 5.74) is 3.20. The average molecular weight is 1650 g/mol. The van der Waals surface area contributed by atoms with Crippen LogP contribution in [0.2, 0.25) is 0 Å². The van der Waals surface area contributed by atoms with Crippen LogP contribution >= 0.6 is 23.7 Å². The molecule has 0 radical (unpaired) electrons. The quantitative estimate of drug-likeness (QED) is 0.0179. The number of carboxylic acids is 12. The second kappa shape index (κ2) is 43.5. The first-order valence-electron chi connectivity index (χ1n) is 34.6. The maximum absolute atomic E-state index is 11.8. The Morgan fingerprint density at radius 3 is 0.605 bits per heavy atom. The Bertz CT molecular complexity index is 4020. The lowest BCUT2D eigenvalue weighted by atomic mass is 10.1. The fourth-order valence-corrected chi connectivity index (χ4v) is 20.3. The summed E-state index contributed by atoms with van der Waals surface area (Å²) >= 11 is 0. The number of hydrogen-bond acceptors (Lipinski definition) is 25. The van der Waals surface area contributed by atoms with E-state index < -0.39 is 174 Å². The van der Waals surface area contributed by atoms with E-state index in [2.05, 4.69) is 0 Å². The largest absolute Gasteiger partial charge is 0.480 e. The van der Waals surface area contributed by atoms with Gasteiger partial charge in [0, 0.05) is 39.3 Å². The number of nitrogens with zero attached hydrogens (tertiary/aromatic N) is 9. The van der Waals surface area contributed by atoms with Gasteiger partial charge < -0.3 is 84.2 Å². The van der Waals surface area contributed by atoms with Gasteiger partial charge in [-0.25, -0.2) is 0 Å². The van der Waals surface area contributed by atoms with E-state index >= 15 is 0 Å². The summed E-state index contributed by atoms with van der Waals surface area (Å²) in [5.74, 6) is -15.8. The number of carboxylic acid groups (broad SMARTS) is 12. The van der Waals surface area contributed by atoms with Crippen molar-refractivity contribution in [3.8, 4) is 34.5 Å². The molecule has 42 heteroatoms. The molecule has 1 aliphatic rings. The Labute approximate surface area is 652 Å². The lowest BCUT2D eigenvalue weighted by Crippen LogP contribution is -2.35. The molecular weight excluding hydrogens is 1560 g/mol. The third-order valence-electron chi connectivity index (χ3n) is 16.2. The third kappa shape index (κ3) is 32.7. The monoisotopic (exact) mass is 1650 g/mol. The summed E-state index contributed by atoms with van der Waals surface area (Å²) in [6, 6.07) is 36.4. The fraction of sp³-hybridized carbons (Fsp3) is 0.333. The van der Waals surface area contributed by atoms with Crippen LogP contribution in [0.4, 0.5) is 0 Å². The van der Waals surface area contributed by atoms with Crippen molar-refractivity contribution in [3.63, 3.8) is 0 Å². The molecule has 114 heavy (non-hydrogen) atoms. The zero-order chi connectivity index (χ0) is 83.1. The van der Waals surface area contributed by atoms with Gasteiger partial charge in [-0.3, -0.25) is 96.0 Å². The maximum Gasteiger partial charge on any atom is 0.456 e. The van der Waals surface area contributed by atoms with Crippen molar-refractivity contribution in [2.75, 3.05) is 118 Å². The molecule has 0 aliphatic carbocycles. The van der Waals surface area contributed by atoms with Crippen LogP contribution in [-0.2, 0) is 96.1 Å². The topological polar surface area (TPSA) is 563 Å². The molecule has 0 unspecified atom stereocenters. The zero-order valence-electron chi connectivity index (χ0n) is 60.9. The van der Waals surface area contributed by atoms with E-state index in [4.69, 9.17) is 41.4 Å². The van der Waals surface area contributed by atoms with Gasteiger partial charge in [0.2, 0.25) is 0 Å². The molecule has 6 aromatic carbocycles. The molecule has 0 atom stereocenters. The van der Waals surface area contributed by atoms with E-state index in [9.17, 15) is 119 Å². The van der Waals surface area contributed by atoms with Gasteiger partial charge in [-0.15, -0.1) is 0 Å². The summed E-state index contributed by atoms with van der Waals surface area (Å²) in [5, 5.41) is 115. The number of hydrogen-bond donors (Lipinski definition) is 12. The molecule has 0 bridgehead atoms. The van der Waals surface area contributed by atoms with Crippen LogP contribution < -0.4 is 27.1 Å². The number of rotatable bonds is 54. The summed E-state index contributed by atoms with van der Waals surface area (Å²) in [6.07, 6.45) is 0.592. The first-order chi connectivity index (χ1) is 54.0. The smallest absolute Gasteiger partial charge is 0.456 e. The Hall–Kier alpha value is -11.5. The molecule has 12 N–H and O–H groups in total. The van der Waals surface area contributed by atoms with Gasteiger partial charge in [-0.2, -0.15) is 4.86 Å². The predicted molar refractivity (Wildman–Crippen MR) is 405 cm³/mol. The van der Waals surface area contributed by atoms with Gasteiger partial charge in [0.05, 0.1) is 78.5 Å². The fourth-order valence-electron chi connectivity index (χ4n) is 11.2. The van der Waals surface area contributed by atoms with Crippen molar-refractivity contribution < 1.29 is 146 Å². The van der Waals surface area contributed by atoms with Gasteiger partial charge in [0.25, 0.3) is 8.02 Å². The molecule has 0 saturated heterocycles. The SMILES string of the molecule is O=C(O)CN(CCc1ccc(OP2(Oc3ccc(CCN(CC(=O)O)CC(=O)O)cc3)=N[P+](Oc3ccc(CCN(CC(=O)O)CC(=O)O)cc3)(Oc3ccc(CCN(CC(=O)O)CC(=O)O)cc3)[N-][P+](Oc3ccc(CCN(CC(=O)O)CC(=O)O)cc3)(Oc3ccc(CCN(CC(=O)O)CC(=O)O)cc3)[N-]2)cc1)CC(=O)O. The highest BCUT2D eigenvalue weighted by Gasteiger charge is 2.58. The predicted octanol–water partition coefficient (Wildman–Crippen LogP) is 6.61. The lowest BCUT2D eigenvalue weighted by Gasteiger charge is -2.49. The van der Waals surface area contributed by atoms with E-state index in [1.165, 1.54) is 102 Å². The number of benzene rings is 6. The molecule has 0 saturated carbocycles. The minimum absolute atomic E-state index is 0.0466. The summed E-state index contributed by atoms with van der Waals surface area (Å²) in [6.45, 7) is -7.60. The maximum atomic E-state index is 11.8. The number of aliphatic carboxylic acids is 12. The van der Waals surface area contributed by atoms with Crippen LogP contribution in [0.1, 0.15) is 33.4 Å². The van der Waals surface area contributed by atoms with E-state index in [-0.39, 0.29) is 112 Å². The van der Waals surface area contributed by atoms with Crippen LogP contribution in [0.25, 0.3) is 9.72 Å². The second-order valence-corrected chi connectivity index (χ2v) is 31.8. The van der Waals surface area contributed by atoms with E-state index in [1.54, 1.807) is 72.8 Å². The number of carbonyl (C=O) groups is 12. The Balaban J connectivity index is 1.50. The van der Waals surface area contributed by atoms with Crippen molar-refractivity contribution >= 4 is 95.3 Å². The van der Waals surface area contributed by atoms with E-state index in [0.717, 1.165) is 0 Å². The molecule has 6 aromatic rings. The first-order valence-corrected chi connectivity index (χ1v) is 39.2. The molecule has 0 fully saturated rings. The molecule has 1 heterocycles. The lowest BCUT2D eigenvalue weighted by molar-refractivity contribution is -0.143. The van der Waals surface area contributed by atoms with Crippen molar-refractivity contribution in [3.05, 3.63) is 189 Å². The highest BCUT2D eigenvalue weighted by atomic mass is 31.3. The van der Waals surface area contributed by atoms with Gasteiger partial charge >= 0.3 is 87.3 Å². The van der Waals surface area contributed by atoms with Crippen LogP contribution in [0.5, 0.6) is 34.5 Å². The normalized spacial score (nSPS) is 13.4. The van der Waals surface area contributed by atoms with Gasteiger partial charge in [0.15, 0.2) is 23.0 Å². The summed E-state index contributed by atoms with van der Waals surface area (Å²) < 4.78 is 47.8. The Kier molecular flexibility index (Phi) is 34.3. The average Bonchev–Trinajstić information content (AvgIpc) is 0.729. The van der Waals surface area contributed by atoms with Crippen molar-refractivity contribution in [1.29, 1.82) is 0 Å². The molecular formula is C72H84N9O30P3. The minimum Gasteiger partial charge on any atom is -0.480 e. The van der Waals surface area contributed by atoms with Crippen LogP contribution in [0, 0.1) is 0 Å². The summed E-state index contributed by atoms with van der Waals surface area (Å²) in [4.78, 5) is 159. The minimum atomic E-state index is -4.93. The molecule has 612 valence electrons.